The van der Waals surface area contributed by atoms with Crippen LogP contribution in [0.1, 0.15) is 361 Å². The highest BCUT2D eigenvalue weighted by Gasteiger charge is 2.19. The number of hydrogen-bond acceptors (Lipinski definition) is 6. The molecule has 0 aliphatic heterocycles. The molecule has 0 aliphatic carbocycles. The van der Waals surface area contributed by atoms with Gasteiger partial charge in [0.15, 0.2) is 6.10 Å². The molecule has 0 spiro atoms. The third-order valence-corrected chi connectivity index (χ3v) is 15.2. The number of hydrogen-bond donors (Lipinski definition) is 0. The predicted molar refractivity (Wildman–Crippen MR) is 339 cm³/mol. The Hall–Kier alpha value is -2.89. The maximum Gasteiger partial charge on any atom is 0.306 e. The summed E-state index contributed by atoms with van der Waals surface area (Å²) in [4.78, 5) is 38.2. The van der Waals surface area contributed by atoms with Crippen LogP contribution in [0.2, 0.25) is 0 Å². The first kappa shape index (κ1) is 75.1. The van der Waals surface area contributed by atoms with E-state index in [1.807, 2.05) is 0 Å². The highest BCUT2D eigenvalue weighted by Crippen LogP contribution is 2.18. The number of unbranched alkanes of at least 4 members (excludes halogenated alkanes) is 42. The Morgan fingerprint density at radius 2 is 0.526 bits per heavy atom. The third kappa shape index (κ3) is 63.9. The maximum atomic E-state index is 12.9. The number of rotatable bonds is 63. The van der Waals surface area contributed by atoms with Gasteiger partial charge in [-0.3, -0.25) is 14.4 Å². The second kappa shape index (κ2) is 66.6. The number of carbonyl (C=O) groups excluding carboxylic acids is 3. The predicted octanol–water partition coefficient (Wildman–Crippen LogP) is 23.5. The van der Waals surface area contributed by atoms with Gasteiger partial charge in [0.25, 0.3) is 0 Å². The molecule has 0 fully saturated rings. The first-order chi connectivity index (χ1) is 38.5. The molecule has 0 rings (SSSR count). The molecule has 0 saturated carbocycles. The second-order valence-corrected chi connectivity index (χ2v) is 23.1. The van der Waals surface area contributed by atoms with E-state index < -0.39 is 6.10 Å². The Balaban J connectivity index is 4.06. The maximum absolute atomic E-state index is 12.9. The zero-order valence-electron chi connectivity index (χ0n) is 52.2. The summed E-state index contributed by atoms with van der Waals surface area (Å²) < 4.78 is 16.9. The van der Waals surface area contributed by atoms with Crippen molar-refractivity contribution in [2.75, 3.05) is 13.2 Å². The molecule has 0 aromatic heterocycles. The number of allylic oxidation sites excluding steroid dienone is 10. The van der Waals surface area contributed by atoms with E-state index in [0.717, 1.165) is 96.3 Å². The summed E-state index contributed by atoms with van der Waals surface area (Å²) in [6.07, 6.45) is 85.5. The van der Waals surface area contributed by atoms with Crippen LogP contribution in [0.5, 0.6) is 0 Å². The molecular formula is C72H130O6. The normalized spacial score (nSPS) is 12.4. The molecule has 78 heavy (non-hydrogen) atoms. The molecule has 0 heterocycles. The van der Waals surface area contributed by atoms with Crippen LogP contribution in [0.25, 0.3) is 0 Å². The lowest BCUT2D eigenvalue weighted by Gasteiger charge is -2.18. The third-order valence-electron chi connectivity index (χ3n) is 15.2. The molecule has 0 bridgehead atoms. The van der Waals surface area contributed by atoms with E-state index in [9.17, 15) is 14.4 Å². The Bertz CT molecular complexity index is 1390. The Morgan fingerprint density at radius 3 is 0.846 bits per heavy atom. The van der Waals surface area contributed by atoms with Gasteiger partial charge in [-0.05, 0) is 77.0 Å². The molecule has 0 aromatic carbocycles. The van der Waals surface area contributed by atoms with Gasteiger partial charge in [-0.25, -0.2) is 0 Å². The lowest BCUT2D eigenvalue weighted by atomic mass is 10.0. The Labute approximate surface area is 485 Å². The summed E-state index contributed by atoms with van der Waals surface area (Å²) in [5.41, 5.74) is 0. The van der Waals surface area contributed by atoms with E-state index in [-0.39, 0.29) is 31.1 Å². The number of esters is 3. The molecule has 0 amide bonds. The van der Waals surface area contributed by atoms with Crippen molar-refractivity contribution in [2.24, 2.45) is 0 Å². The topological polar surface area (TPSA) is 78.9 Å². The van der Waals surface area contributed by atoms with E-state index in [4.69, 9.17) is 14.2 Å². The average Bonchev–Trinajstić information content (AvgIpc) is 3.44. The summed E-state index contributed by atoms with van der Waals surface area (Å²) in [7, 11) is 0. The van der Waals surface area contributed by atoms with Crippen LogP contribution in [0, 0.1) is 0 Å². The van der Waals surface area contributed by atoms with Crippen LogP contribution < -0.4 is 0 Å². The monoisotopic (exact) mass is 1090 g/mol. The lowest BCUT2D eigenvalue weighted by Crippen LogP contribution is -2.30. The van der Waals surface area contributed by atoms with Crippen LogP contribution in [-0.4, -0.2) is 37.2 Å². The van der Waals surface area contributed by atoms with Gasteiger partial charge in [0.05, 0.1) is 0 Å². The number of ether oxygens (including phenoxy) is 3. The smallest absolute Gasteiger partial charge is 0.306 e. The van der Waals surface area contributed by atoms with Gasteiger partial charge in [0.1, 0.15) is 13.2 Å². The van der Waals surface area contributed by atoms with Crippen LogP contribution in [-0.2, 0) is 28.6 Å². The molecular weight excluding hydrogens is 961 g/mol. The molecule has 0 saturated heterocycles. The first-order valence-corrected chi connectivity index (χ1v) is 34.3. The van der Waals surface area contributed by atoms with Crippen molar-refractivity contribution in [3.63, 3.8) is 0 Å². The standard InChI is InChI=1S/C72H130O6/c1-4-7-10-13-16-19-22-24-26-28-29-30-31-32-33-34-35-36-37-38-39-40-41-42-43-45-46-48-50-53-56-59-62-65-71(74)77-68-69(67-76-70(73)64-61-58-55-52-21-18-15-12-9-6-3)78-72(75)66-63-60-57-54-51-49-47-44-27-25-23-20-17-14-11-8-5-2/h7,10,12,15-16,19,24,26,29-30,69H,4-6,8-9,11,13-14,17-18,20-23,25,27-28,31-68H2,1-3H3/b10-7-,15-12-,19-16-,26-24-,30-29-. The Kier molecular flexibility index (Phi) is 64.2. The minimum absolute atomic E-state index is 0.0705. The molecule has 0 N–H and O–H groups in total. The summed E-state index contributed by atoms with van der Waals surface area (Å²) >= 11 is 0. The van der Waals surface area contributed by atoms with Gasteiger partial charge < -0.3 is 14.2 Å². The van der Waals surface area contributed by atoms with Crippen molar-refractivity contribution >= 4 is 17.9 Å². The van der Waals surface area contributed by atoms with Gasteiger partial charge in [-0.1, -0.05) is 326 Å². The zero-order chi connectivity index (χ0) is 56.4. The van der Waals surface area contributed by atoms with E-state index in [1.165, 1.54) is 225 Å². The van der Waals surface area contributed by atoms with Crippen molar-refractivity contribution in [2.45, 2.75) is 367 Å². The molecule has 1 unspecified atom stereocenters. The molecule has 0 aliphatic rings. The first-order valence-electron chi connectivity index (χ1n) is 34.3. The van der Waals surface area contributed by atoms with Crippen molar-refractivity contribution in [3.05, 3.63) is 60.8 Å². The second-order valence-electron chi connectivity index (χ2n) is 23.1. The summed E-state index contributed by atoms with van der Waals surface area (Å²) in [5.74, 6) is -0.858. The van der Waals surface area contributed by atoms with Gasteiger partial charge in [-0.2, -0.15) is 0 Å². The molecule has 6 nitrogen and oxygen atoms in total. The highest BCUT2D eigenvalue weighted by atomic mass is 16.6. The van der Waals surface area contributed by atoms with E-state index in [1.54, 1.807) is 0 Å². The minimum atomic E-state index is -0.772. The molecule has 6 heteroatoms. The van der Waals surface area contributed by atoms with Crippen LogP contribution in [0.4, 0.5) is 0 Å². The molecule has 454 valence electrons. The van der Waals surface area contributed by atoms with E-state index >= 15 is 0 Å². The van der Waals surface area contributed by atoms with Crippen molar-refractivity contribution in [3.8, 4) is 0 Å². The van der Waals surface area contributed by atoms with Crippen LogP contribution >= 0.6 is 0 Å². The largest absolute Gasteiger partial charge is 0.462 e. The van der Waals surface area contributed by atoms with Crippen LogP contribution in [0.3, 0.4) is 0 Å². The summed E-state index contributed by atoms with van der Waals surface area (Å²) in [5, 5.41) is 0. The molecule has 0 aromatic rings. The highest BCUT2D eigenvalue weighted by molar-refractivity contribution is 5.71. The fourth-order valence-electron chi connectivity index (χ4n) is 10.1. The fourth-order valence-corrected chi connectivity index (χ4v) is 10.1. The number of carbonyl (C=O) groups is 3. The molecule has 1 atom stereocenters. The van der Waals surface area contributed by atoms with E-state index in [0.29, 0.717) is 19.3 Å². The van der Waals surface area contributed by atoms with Crippen molar-refractivity contribution < 1.29 is 28.6 Å². The summed E-state index contributed by atoms with van der Waals surface area (Å²) in [6.45, 7) is 6.51. The van der Waals surface area contributed by atoms with Gasteiger partial charge in [-0.15, -0.1) is 0 Å². The SMILES string of the molecule is CC/C=C\C/C=C\C/C=C\C/C=C\CCCCCCCCCCCCCCCCCCCCCCC(=O)OCC(COC(=O)CCCCCCC/C=C\CCC)OC(=O)CCCCCCCCCCCCCCCCCCC. The minimum Gasteiger partial charge on any atom is -0.462 e. The van der Waals surface area contributed by atoms with Gasteiger partial charge in [0.2, 0.25) is 0 Å². The zero-order valence-corrected chi connectivity index (χ0v) is 52.2. The fraction of sp³-hybridized carbons (Fsp3) is 0.819. The Morgan fingerprint density at radius 1 is 0.269 bits per heavy atom. The van der Waals surface area contributed by atoms with Crippen LogP contribution in [0.15, 0.2) is 60.8 Å². The van der Waals surface area contributed by atoms with Gasteiger partial charge >= 0.3 is 17.9 Å². The summed E-state index contributed by atoms with van der Waals surface area (Å²) in [6, 6.07) is 0. The quantitative estimate of drug-likeness (QED) is 0.0261. The van der Waals surface area contributed by atoms with Gasteiger partial charge in [0, 0.05) is 19.3 Å². The van der Waals surface area contributed by atoms with Crippen molar-refractivity contribution in [1.82, 2.24) is 0 Å². The molecule has 0 radical (unpaired) electrons. The average molecular weight is 1090 g/mol. The van der Waals surface area contributed by atoms with E-state index in [2.05, 4.69) is 81.5 Å². The van der Waals surface area contributed by atoms with Crippen molar-refractivity contribution in [1.29, 1.82) is 0 Å². The lowest BCUT2D eigenvalue weighted by molar-refractivity contribution is -0.167.